The number of rotatable bonds is 3. The molecule has 1 unspecified atom stereocenters. The van der Waals surface area contributed by atoms with Crippen LogP contribution < -0.4 is 5.32 Å². The molecule has 1 aromatic rings. The molecule has 1 atom stereocenters. The molecular weight excluding hydrogens is 470 g/mol. The fourth-order valence-corrected chi connectivity index (χ4v) is 2.34. The van der Waals surface area contributed by atoms with E-state index < -0.39 is 58.3 Å². The molecule has 17 heteroatoms. The number of hydrogen-bond acceptors (Lipinski definition) is 4. The van der Waals surface area contributed by atoms with Crippen molar-refractivity contribution in [2.24, 2.45) is 0 Å². The van der Waals surface area contributed by atoms with Crippen LogP contribution in [-0.2, 0) is 9.53 Å². The van der Waals surface area contributed by atoms with Gasteiger partial charge >= 0.3 is 36.3 Å². The van der Waals surface area contributed by atoms with Crippen LogP contribution in [-0.4, -0.2) is 47.1 Å². The highest BCUT2D eigenvalue weighted by molar-refractivity contribution is 5.97. The van der Waals surface area contributed by atoms with Crippen molar-refractivity contribution < 1.29 is 62.2 Å². The minimum absolute atomic E-state index is 0.422. The molecule has 1 amide bonds. The normalized spacial score (nSPS) is 24.0. The van der Waals surface area contributed by atoms with Crippen LogP contribution in [0.1, 0.15) is 5.56 Å². The lowest BCUT2D eigenvalue weighted by atomic mass is 10.1. The van der Waals surface area contributed by atoms with E-state index in [2.05, 4.69) is 0 Å². The van der Waals surface area contributed by atoms with E-state index in [9.17, 15) is 57.5 Å². The molecule has 1 aliphatic heterocycles. The van der Waals surface area contributed by atoms with Gasteiger partial charge in [0.15, 0.2) is 0 Å². The van der Waals surface area contributed by atoms with Gasteiger partial charge in [0.2, 0.25) is 0 Å². The monoisotopic (exact) mass is 475 g/mol. The average molecular weight is 475 g/mol. The van der Waals surface area contributed by atoms with Gasteiger partial charge in [0.1, 0.15) is 0 Å². The van der Waals surface area contributed by atoms with Gasteiger partial charge in [-0.15, -0.1) is 4.90 Å². The summed E-state index contributed by atoms with van der Waals surface area (Å²) in [4.78, 5) is 8.27. The summed E-state index contributed by atoms with van der Waals surface area (Å²) < 4.78 is 165. The SMILES string of the molecule is N#Cc1cccc(NC(=O)C(F)(N2C(F)(F)C(F)(F)OC(F)(F)C2(F)F)C(F)(F)F)c1. The van der Waals surface area contributed by atoms with Crippen molar-refractivity contribution in [3.05, 3.63) is 29.8 Å². The predicted octanol–water partition coefficient (Wildman–Crippen LogP) is 4.43. The van der Waals surface area contributed by atoms with Crippen LogP contribution in [0.3, 0.4) is 0 Å². The Morgan fingerprint density at radius 3 is 1.87 bits per heavy atom. The van der Waals surface area contributed by atoms with Crippen LogP contribution in [0.4, 0.5) is 58.4 Å². The van der Waals surface area contributed by atoms with Crippen LogP contribution in [0, 0.1) is 11.3 Å². The van der Waals surface area contributed by atoms with Crippen molar-refractivity contribution in [3.63, 3.8) is 0 Å². The summed E-state index contributed by atoms with van der Waals surface area (Å²) in [6.07, 6.45) is -20.8. The van der Waals surface area contributed by atoms with E-state index in [1.165, 1.54) is 6.07 Å². The highest BCUT2D eigenvalue weighted by Crippen LogP contribution is 2.60. The van der Waals surface area contributed by atoms with E-state index in [1.54, 1.807) is 0 Å². The molecule has 0 saturated carbocycles. The van der Waals surface area contributed by atoms with Gasteiger partial charge in [-0.05, 0) is 18.2 Å². The van der Waals surface area contributed by atoms with Crippen molar-refractivity contribution in [2.45, 2.75) is 36.3 Å². The van der Waals surface area contributed by atoms with Crippen molar-refractivity contribution in [1.82, 2.24) is 4.90 Å². The molecule has 172 valence electrons. The third-order valence-corrected chi connectivity index (χ3v) is 3.75. The van der Waals surface area contributed by atoms with Crippen LogP contribution in [0.2, 0.25) is 0 Å². The maximum Gasteiger partial charge on any atom is 0.446 e. The highest BCUT2D eigenvalue weighted by atomic mass is 19.4. The second-order valence-corrected chi connectivity index (χ2v) is 5.82. The minimum Gasteiger partial charge on any atom is -0.322 e. The lowest BCUT2D eigenvalue weighted by Gasteiger charge is -2.51. The number of nitrogens with one attached hydrogen (secondary N) is 1. The van der Waals surface area contributed by atoms with E-state index in [0.29, 0.717) is 12.1 Å². The number of anilines is 1. The third-order valence-electron chi connectivity index (χ3n) is 3.75. The number of halogens is 12. The zero-order valence-electron chi connectivity index (χ0n) is 14.1. The van der Waals surface area contributed by atoms with E-state index in [0.717, 1.165) is 17.4 Å². The number of carbonyl (C=O) groups is 1. The largest absolute Gasteiger partial charge is 0.446 e. The summed E-state index contributed by atoms with van der Waals surface area (Å²) in [5.41, 5.74) is -1.40. The number of ether oxygens (including phenoxy) is 1. The smallest absolute Gasteiger partial charge is 0.322 e. The van der Waals surface area contributed by atoms with Gasteiger partial charge in [0, 0.05) is 5.69 Å². The molecule has 1 fully saturated rings. The molecule has 0 bridgehead atoms. The summed E-state index contributed by atoms with van der Waals surface area (Å²) in [5.74, 6) is -10.4. The molecule has 31 heavy (non-hydrogen) atoms. The van der Waals surface area contributed by atoms with Crippen molar-refractivity contribution >= 4 is 11.6 Å². The Balaban J connectivity index is 2.72. The molecule has 0 radical (unpaired) electrons. The van der Waals surface area contributed by atoms with Crippen LogP contribution in [0.25, 0.3) is 0 Å². The van der Waals surface area contributed by atoms with E-state index >= 15 is 0 Å². The number of benzene rings is 1. The van der Waals surface area contributed by atoms with Gasteiger partial charge in [-0.3, -0.25) is 4.79 Å². The summed E-state index contributed by atoms with van der Waals surface area (Å²) >= 11 is 0. The zero-order valence-corrected chi connectivity index (χ0v) is 14.1. The van der Waals surface area contributed by atoms with Crippen molar-refractivity contribution in [2.75, 3.05) is 5.32 Å². The topological polar surface area (TPSA) is 65.4 Å². The van der Waals surface area contributed by atoms with Crippen LogP contribution in [0.15, 0.2) is 24.3 Å². The fraction of sp³-hybridized carbons (Fsp3) is 0.429. The highest BCUT2D eigenvalue weighted by Gasteiger charge is 2.90. The van der Waals surface area contributed by atoms with Gasteiger partial charge in [-0.2, -0.15) is 53.6 Å². The number of morpholine rings is 1. The summed E-state index contributed by atoms with van der Waals surface area (Å²) in [6.45, 7) is 0. The standard InChI is InChI=1S/C14H5F12N3O2/c15-9(10(16,17)18,8(30)28-7-3-1-2-6(4-7)5-27)29-11(19,20)13(23,24)31-14(25,26)12(29,21)22/h1-4H,(H,28,30). The Hall–Kier alpha value is -2.74. The molecule has 1 saturated heterocycles. The number of alkyl halides is 12. The Labute approximate surface area is 162 Å². The Bertz CT molecular complexity index is 900. The van der Waals surface area contributed by atoms with Gasteiger partial charge in [-0.1, -0.05) is 6.07 Å². The van der Waals surface area contributed by atoms with Gasteiger partial charge in [-0.25, -0.2) is 9.13 Å². The number of amides is 1. The summed E-state index contributed by atoms with van der Waals surface area (Å²) in [7, 11) is 0. The van der Waals surface area contributed by atoms with E-state index in [4.69, 9.17) is 5.26 Å². The van der Waals surface area contributed by atoms with Gasteiger partial charge < -0.3 is 5.32 Å². The first kappa shape index (κ1) is 24.5. The number of carbonyl (C=O) groups excluding carboxylic acids is 1. The molecule has 1 aromatic carbocycles. The number of hydrogen-bond donors (Lipinski definition) is 1. The maximum absolute atomic E-state index is 14.8. The average Bonchev–Trinajstić information content (AvgIpc) is 2.58. The predicted molar refractivity (Wildman–Crippen MR) is 72.4 cm³/mol. The lowest BCUT2D eigenvalue weighted by Crippen LogP contribution is -2.82. The second-order valence-electron chi connectivity index (χ2n) is 5.82. The Kier molecular flexibility index (Phi) is 5.45. The first-order valence-electron chi connectivity index (χ1n) is 7.35. The molecule has 1 N–H and O–H groups in total. The Morgan fingerprint density at radius 2 is 1.45 bits per heavy atom. The molecule has 2 rings (SSSR count). The van der Waals surface area contributed by atoms with Crippen LogP contribution in [0.5, 0.6) is 0 Å². The lowest BCUT2D eigenvalue weighted by molar-refractivity contribution is -0.582. The molecule has 1 aliphatic rings. The fourth-order valence-electron chi connectivity index (χ4n) is 2.34. The Morgan fingerprint density at radius 1 is 0.968 bits per heavy atom. The first-order valence-corrected chi connectivity index (χ1v) is 7.35. The van der Waals surface area contributed by atoms with E-state index in [-0.39, 0.29) is 0 Å². The van der Waals surface area contributed by atoms with E-state index in [1.807, 2.05) is 4.74 Å². The van der Waals surface area contributed by atoms with Gasteiger partial charge in [0.05, 0.1) is 11.6 Å². The van der Waals surface area contributed by atoms with Crippen molar-refractivity contribution in [3.8, 4) is 6.07 Å². The summed E-state index contributed by atoms with van der Waals surface area (Å²) in [5, 5.41) is 9.51. The van der Waals surface area contributed by atoms with Gasteiger partial charge in [0.25, 0.3) is 5.91 Å². The quantitative estimate of drug-likeness (QED) is 0.519. The molecular formula is C14H5F12N3O2. The molecule has 1 heterocycles. The number of nitriles is 1. The number of nitrogens with zero attached hydrogens (tertiary/aromatic N) is 2. The third kappa shape index (κ3) is 3.52. The first-order chi connectivity index (χ1) is 13.8. The second kappa shape index (κ2) is 6.88. The summed E-state index contributed by atoms with van der Waals surface area (Å²) in [6, 6.07) is -9.89. The zero-order chi connectivity index (χ0) is 24.3. The molecule has 0 aliphatic carbocycles. The molecule has 5 nitrogen and oxygen atoms in total. The molecule has 0 spiro atoms. The molecule has 0 aromatic heterocycles. The van der Waals surface area contributed by atoms with Crippen LogP contribution >= 0.6 is 0 Å². The van der Waals surface area contributed by atoms with Crippen molar-refractivity contribution in [1.29, 1.82) is 5.26 Å². The maximum atomic E-state index is 14.8. The minimum atomic E-state index is -7.19.